The van der Waals surface area contributed by atoms with E-state index in [-0.39, 0.29) is 31.1 Å². The highest BCUT2D eigenvalue weighted by atomic mass is 16.6. The van der Waals surface area contributed by atoms with Gasteiger partial charge < -0.3 is 14.2 Å². The molecule has 6 heteroatoms. The maximum Gasteiger partial charge on any atom is 0.306 e. The molecule has 0 bridgehead atoms. The molecule has 64 heavy (non-hydrogen) atoms. The fraction of sp³-hybridized carbons (Fsp3) is 0.707. The zero-order valence-corrected chi connectivity index (χ0v) is 41.8. The van der Waals surface area contributed by atoms with Gasteiger partial charge in [-0.15, -0.1) is 0 Å². The molecule has 0 fully saturated rings. The first kappa shape index (κ1) is 60.6. The normalized spacial score (nSPS) is 12.7. The number of hydrogen-bond acceptors (Lipinski definition) is 6. The van der Waals surface area contributed by atoms with Crippen molar-refractivity contribution in [1.82, 2.24) is 0 Å². The number of esters is 3. The van der Waals surface area contributed by atoms with Gasteiger partial charge in [0, 0.05) is 19.3 Å². The van der Waals surface area contributed by atoms with Crippen LogP contribution in [0.2, 0.25) is 0 Å². The summed E-state index contributed by atoms with van der Waals surface area (Å²) in [6.45, 7) is 6.42. The summed E-state index contributed by atoms with van der Waals surface area (Å²) in [5.74, 6) is -0.941. The molecular formula is C58H98O6. The van der Waals surface area contributed by atoms with Gasteiger partial charge in [-0.3, -0.25) is 14.4 Å². The SMILES string of the molecule is CC/C=C\C/C=C\C/C=C\C/C=C\CCCCCCC(=O)OCC(COC(=O)CCCCCCC/C=C\C/C=C\CCC)OC(=O)CCCCCCC/C=C\CCCCCCCCC. The Hall–Kier alpha value is -3.41. The zero-order chi connectivity index (χ0) is 46.5. The lowest BCUT2D eigenvalue weighted by Gasteiger charge is -2.18. The van der Waals surface area contributed by atoms with Gasteiger partial charge in [-0.1, -0.05) is 202 Å². The lowest BCUT2D eigenvalue weighted by molar-refractivity contribution is -0.167. The Morgan fingerprint density at radius 1 is 0.328 bits per heavy atom. The van der Waals surface area contributed by atoms with Gasteiger partial charge in [0.1, 0.15) is 13.2 Å². The molecule has 0 radical (unpaired) electrons. The van der Waals surface area contributed by atoms with Crippen LogP contribution in [-0.2, 0) is 28.6 Å². The smallest absolute Gasteiger partial charge is 0.306 e. The van der Waals surface area contributed by atoms with Crippen LogP contribution in [0.5, 0.6) is 0 Å². The van der Waals surface area contributed by atoms with Crippen LogP contribution < -0.4 is 0 Å². The second-order valence-corrected chi connectivity index (χ2v) is 17.4. The van der Waals surface area contributed by atoms with E-state index < -0.39 is 6.10 Å². The standard InChI is InChI=1S/C58H98O6/c1-4-7-10-13-16-19-22-25-27-29-31-33-36-39-42-45-48-51-57(60)63-54-55(53-62-56(59)50-47-44-41-38-35-32-24-21-18-15-12-9-6-3)64-58(61)52-49-46-43-40-37-34-30-28-26-23-20-17-14-11-8-5-2/h7,10,12,15-16,19,21,24-25,27-28,30-31,33,55H,4-6,8-9,11,13-14,17-18,20,22-23,26,29,32,34-54H2,1-3H3/b10-7-,15-12-,19-16-,24-21-,27-25-,30-28-,33-31-. The van der Waals surface area contributed by atoms with Crippen molar-refractivity contribution in [3.05, 3.63) is 85.1 Å². The quantitative estimate of drug-likeness (QED) is 0.0262. The van der Waals surface area contributed by atoms with E-state index in [0.29, 0.717) is 19.3 Å². The lowest BCUT2D eigenvalue weighted by Crippen LogP contribution is -2.30. The highest BCUT2D eigenvalue weighted by molar-refractivity contribution is 5.71. The third kappa shape index (κ3) is 49.6. The Bertz CT molecular complexity index is 1250. The van der Waals surface area contributed by atoms with Crippen molar-refractivity contribution >= 4 is 17.9 Å². The molecular weight excluding hydrogens is 793 g/mol. The topological polar surface area (TPSA) is 78.9 Å². The second kappa shape index (κ2) is 52.2. The van der Waals surface area contributed by atoms with Crippen LogP contribution in [0, 0.1) is 0 Å². The average Bonchev–Trinajstić information content (AvgIpc) is 3.29. The summed E-state index contributed by atoms with van der Waals surface area (Å²) in [5.41, 5.74) is 0. The molecule has 1 unspecified atom stereocenters. The van der Waals surface area contributed by atoms with Crippen molar-refractivity contribution in [1.29, 1.82) is 0 Å². The molecule has 0 aliphatic carbocycles. The molecule has 0 aliphatic rings. The minimum atomic E-state index is -0.797. The molecule has 0 amide bonds. The fourth-order valence-electron chi connectivity index (χ4n) is 7.11. The van der Waals surface area contributed by atoms with Crippen molar-refractivity contribution in [2.24, 2.45) is 0 Å². The summed E-state index contributed by atoms with van der Waals surface area (Å²) >= 11 is 0. The molecule has 0 aromatic rings. The minimum absolute atomic E-state index is 0.0956. The first-order valence-corrected chi connectivity index (χ1v) is 26.6. The van der Waals surface area contributed by atoms with Crippen molar-refractivity contribution < 1.29 is 28.6 Å². The number of hydrogen-bond donors (Lipinski definition) is 0. The van der Waals surface area contributed by atoms with Crippen molar-refractivity contribution in [3.63, 3.8) is 0 Å². The number of carbonyl (C=O) groups excluding carboxylic acids is 3. The maximum absolute atomic E-state index is 12.8. The summed E-state index contributed by atoms with van der Waals surface area (Å²) in [5, 5.41) is 0. The van der Waals surface area contributed by atoms with Gasteiger partial charge in [-0.05, 0) is 109 Å². The largest absolute Gasteiger partial charge is 0.462 e. The molecule has 6 nitrogen and oxygen atoms in total. The summed E-state index contributed by atoms with van der Waals surface area (Å²) in [6, 6.07) is 0. The molecule has 1 atom stereocenters. The van der Waals surface area contributed by atoms with Gasteiger partial charge in [0.25, 0.3) is 0 Å². The molecule has 0 N–H and O–H groups in total. The van der Waals surface area contributed by atoms with E-state index in [9.17, 15) is 14.4 Å². The summed E-state index contributed by atoms with van der Waals surface area (Å²) < 4.78 is 16.8. The van der Waals surface area contributed by atoms with Crippen molar-refractivity contribution in [2.75, 3.05) is 13.2 Å². The molecule has 0 saturated heterocycles. The molecule has 0 spiro atoms. The second-order valence-electron chi connectivity index (χ2n) is 17.4. The first-order valence-electron chi connectivity index (χ1n) is 26.6. The Morgan fingerprint density at radius 3 is 1.03 bits per heavy atom. The van der Waals surface area contributed by atoms with Gasteiger partial charge in [0.15, 0.2) is 6.10 Å². The van der Waals surface area contributed by atoms with Crippen LogP contribution in [0.1, 0.15) is 245 Å². The van der Waals surface area contributed by atoms with E-state index in [1.807, 2.05) is 0 Å². The van der Waals surface area contributed by atoms with E-state index in [2.05, 4.69) is 106 Å². The minimum Gasteiger partial charge on any atom is -0.462 e. The molecule has 0 aliphatic heterocycles. The Morgan fingerprint density at radius 2 is 0.641 bits per heavy atom. The summed E-state index contributed by atoms with van der Waals surface area (Å²) in [6.07, 6.45) is 67.1. The highest BCUT2D eigenvalue weighted by Crippen LogP contribution is 2.14. The van der Waals surface area contributed by atoms with E-state index in [0.717, 1.165) is 141 Å². The third-order valence-corrected chi connectivity index (χ3v) is 11.1. The molecule has 366 valence electrons. The summed E-state index contributed by atoms with van der Waals surface area (Å²) in [4.78, 5) is 38.0. The van der Waals surface area contributed by atoms with Gasteiger partial charge >= 0.3 is 17.9 Å². The number of rotatable bonds is 47. The third-order valence-electron chi connectivity index (χ3n) is 11.1. The molecule has 0 aromatic carbocycles. The number of unbranched alkanes of at least 4 members (excludes halogenated alkanes) is 22. The molecule has 0 saturated carbocycles. The Kier molecular flexibility index (Phi) is 49.4. The molecule has 0 heterocycles. The first-order chi connectivity index (χ1) is 31.5. The van der Waals surface area contributed by atoms with Crippen molar-refractivity contribution in [3.8, 4) is 0 Å². The number of allylic oxidation sites excluding steroid dienone is 14. The van der Waals surface area contributed by atoms with E-state index in [4.69, 9.17) is 14.2 Å². The van der Waals surface area contributed by atoms with Gasteiger partial charge in [-0.2, -0.15) is 0 Å². The monoisotopic (exact) mass is 891 g/mol. The summed E-state index contributed by atoms with van der Waals surface area (Å²) in [7, 11) is 0. The van der Waals surface area contributed by atoms with Crippen LogP contribution >= 0.6 is 0 Å². The van der Waals surface area contributed by atoms with Crippen LogP contribution in [0.15, 0.2) is 85.1 Å². The predicted octanol–water partition coefficient (Wildman–Crippen LogP) is 17.6. The molecule has 0 aromatic heterocycles. The van der Waals surface area contributed by atoms with Gasteiger partial charge in [0.2, 0.25) is 0 Å². The van der Waals surface area contributed by atoms with Gasteiger partial charge in [-0.25, -0.2) is 0 Å². The van der Waals surface area contributed by atoms with Crippen LogP contribution in [-0.4, -0.2) is 37.2 Å². The highest BCUT2D eigenvalue weighted by Gasteiger charge is 2.19. The Balaban J connectivity index is 4.46. The van der Waals surface area contributed by atoms with E-state index in [1.54, 1.807) is 0 Å². The predicted molar refractivity (Wildman–Crippen MR) is 274 cm³/mol. The average molecular weight is 891 g/mol. The van der Waals surface area contributed by atoms with Crippen LogP contribution in [0.25, 0.3) is 0 Å². The lowest BCUT2D eigenvalue weighted by atomic mass is 10.1. The van der Waals surface area contributed by atoms with Crippen LogP contribution in [0.3, 0.4) is 0 Å². The zero-order valence-electron chi connectivity index (χ0n) is 41.8. The number of ether oxygens (including phenoxy) is 3. The maximum atomic E-state index is 12.8. The fourth-order valence-corrected chi connectivity index (χ4v) is 7.11. The van der Waals surface area contributed by atoms with Crippen LogP contribution in [0.4, 0.5) is 0 Å². The molecule has 0 rings (SSSR count). The van der Waals surface area contributed by atoms with E-state index >= 15 is 0 Å². The Labute approximate surface area is 395 Å². The van der Waals surface area contributed by atoms with E-state index in [1.165, 1.54) is 64.2 Å². The van der Waals surface area contributed by atoms with Gasteiger partial charge in [0.05, 0.1) is 0 Å². The number of carbonyl (C=O) groups is 3. The van der Waals surface area contributed by atoms with Crippen molar-refractivity contribution in [2.45, 2.75) is 252 Å².